The van der Waals surface area contributed by atoms with Crippen LogP contribution in [-0.4, -0.2) is 71.0 Å². The second-order valence-electron chi connectivity index (χ2n) is 3.88. The smallest absolute Gasteiger partial charge is 0.119 e. The fourth-order valence-corrected chi connectivity index (χ4v) is 1.22. The maximum atomic E-state index is 3.56. The lowest BCUT2D eigenvalue weighted by Crippen LogP contribution is -2.39. The van der Waals surface area contributed by atoms with Gasteiger partial charge in [-0.2, -0.15) is 0 Å². The second-order valence-corrected chi connectivity index (χ2v) is 3.88. The molecular weight excluding hydrogens is 310 g/mol. The average Bonchev–Trinajstić information content (AvgIpc) is 2.75. The number of nitrogens with one attached hydrogen (secondary N) is 2. The van der Waals surface area contributed by atoms with Gasteiger partial charge in [0.25, 0.3) is 0 Å². The van der Waals surface area contributed by atoms with Crippen molar-refractivity contribution in [3.63, 3.8) is 0 Å². The summed E-state index contributed by atoms with van der Waals surface area (Å²) in [5.41, 5.74) is 0. The van der Waals surface area contributed by atoms with Gasteiger partial charge in [0.15, 0.2) is 0 Å². The van der Waals surface area contributed by atoms with Crippen molar-refractivity contribution in [2.24, 2.45) is 0 Å². The van der Waals surface area contributed by atoms with Crippen LogP contribution in [0.5, 0.6) is 0 Å². The van der Waals surface area contributed by atoms with E-state index in [1.807, 2.05) is 0 Å². The highest BCUT2D eigenvalue weighted by Crippen LogP contribution is 1.65. The van der Waals surface area contributed by atoms with Crippen LogP contribution in [0.2, 0.25) is 0 Å². The first-order valence-corrected chi connectivity index (χ1v) is 7.06. The first-order chi connectivity index (χ1) is 12.0. The molecular formula is C13H19N11. The Morgan fingerprint density at radius 2 is 0.500 bits per heavy atom. The predicted octanol–water partition coefficient (Wildman–Crippen LogP) is -1.21. The van der Waals surface area contributed by atoms with Crippen molar-refractivity contribution in [3.8, 4) is 0 Å². The Bertz CT molecular complexity index is 384. The highest BCUT2D eigenvalue weighted by Gasteiger charge is 1.91. The van der Waals surface area contributed by atoms with Gasteiger partial charge in [0.05, 0.1) is 0 Å². The molecule has 3 aromatic heterocycles. The molecule has 4 rings (SSSR count). The second kappa shape index (κ2) is 16.3. The van der Waals surface area contributed by atoms with Crippen molar-refractivity contribution < 1.29 is 0 Å². The minimum absolute atomic E-state index is 1.14. The molecule has 0 amide bonds. The van der Waals surface area contributed by atoms with E-state index in [1.54, 1.807) is 0 Å². The van der Waals surface area contributed by atoms with Crippen LogP contribution in [0.15, 0.2) is 56.9 Å². The maximum absolute atomic E-state index is 3.56. The van der Waals surface area contributed by atoms with Crippen molar-refractivity contribution in [1.82, 2.24) is 55.5 Å². The molecule has 1 aliphatic rings. The molecule has 126 valence electrons. The lowest BCUT2D eigenvalue weighted by molar-refractivity contribution is 0.534. The molecule has 11 nitrogen and oxygen atoms in total. The Morgan fingerprint density at radius 1 is 0.333 bits per heavy atom. The van der Waals surface area contributed by atoms with Crippen LogP contribution >= 0.6 is 0 Å². The predicted molar refractivity (Wildman–Crippen MR) is 85.2 cm³/mol. The molecule has 0 radical (unpaired) electrons. The van der Waals surface area contributed by atoms with E-state index in [0.717, 1.165) is 26.2 Å². The van der Waals surface area contributed by atoms with Crippen molar-refractivity contribution in [1.29, 1.82) is 0 Å². The van der Waals surface area contributed by atoms with E-state index in [2.05, 4.69) is 55.5 Å². The summed E-state index contributed by atoms with van der Waals surface area (Å²) in [5, 5.41) is 6.44. The van der Waals surface area contributed by atoms with Crippen LogP contribution in [0.25, 0.3) is 0 Å². The summed E-state index contributed by atoms with van der Waals surface area (Å²) in [7, 11) is 0. The highest BCUT2D eigenvalue weighted by atomic mass is 15.0. The normalized spacial score (nSPS) is 12.0. The molecule has 0 bridgehead atoms. The molecule has 1 aliphatic heterocycles. The van der Waals surface area contributed by atoms with E-state index in [1.165, 1.54) is 56.9 Å². The maximum Gasteiger partial charge on any atom is 0.119 e. The number of aromatic nitrogens is 9. The summed E-state index contributed by atoms with van der Waals surface area (Å²) in [6.07, 6.45) is 12.9. The van der Waals surface area contributed by atoms with E-state index in [-0.39, 0.29) is 0 Å². The van der Waals surface area contributed by atoms with Crippen LogP contribution in [0.1, 0.15) is 0 Å². The first kappa shape index (κ1) is 19.0. The van der Waals surface area contributed by atoms with Crippen LogP contribution < -0.4 is 10.6 Å². The van der Waals surface area contributed by atoms with Gasteiger partial charge in [-0.25, -0.2) is 44.9 Å². The zero-order chi connectivity index (χ0) is 17.0. The fraction of sp³-hybridized carbons (Fsp3) is 0.308. The lowest BCUT2D eigenvalue weighted by atomic mass is 10.4. The molecule has 0 saturated carbocycles. The highest BCUT2D eigenvalue weighted by molar-refractivity contribution is 4.59. The van der Waals surface area contributed by atoms with Gasteiger partial charge in [0.1, 0.15) is 56.9 Å². The van der Waals surface area contributed by atoms with Gasteiger partial charge in [-0.05, 0) is 0 Å². The van der Waals surface area contributed by atoms with Gasteiger partial charge in [-0.1, -0.05) is 0 Å². The summed E-state index contributed by atoms with van der Waals surface area (Å²) < 4.78 is 0. The third-order valence-electron chi connectivity index (χ3n) is 2.16. The Hall–Kier alpha value is -3.05. The summed E-state index contributed by atoms with van der Waals surface area (Å²) in [5.74, 6) is 0. The van der Waals surface area contributed by atoms with Crippen LogP contribution in [0, 0.1) is 0 Å². The number of piperazine rings is 1. The van der Waals surface area contributed by atoms with E-state index >= 15 is 0 Å². The van der Waals surface area contributed by atoms with Gasteiger partial charge < -0.3 is 10.6 Å². The van der Waals surface area contributed by atoms with Gasteiger partial charge in [0, 0.05) is 26.2 Å². The Labute approximate surface area is 139 Å². The number of hydrogen-bond donors (Lipinski definition) is 2. The van der Waals surface area contributed by atoms with Crippen molar-refractivity contribution in [3.05, 3.63) is 56.9 Å². The Morgan fingerprint density at radius 3 is 0.583 bits per heavy atom. The first-order valence-electron chi connectivity index (χ1n) is 7.06. The summed E-state index contributed by atoms with van der Waals surface area (Å²) in [4.78, 5) is 32.1. The molecule has 11 heteroatoms. The van der Waals surface area contributed by atoms with Crippen molar-refractivity contribution in [2.45, 2.75) is 0 Å². The monoisotopic (exact) mass is 329 g/mol. The third-order valence-corrected chi connectivity index (χ3v) is 2.16. The van der Waals surface area contributed by atoms with Gasteiger partial charge in [-0.3, -0.25) is 0 Å². The van der Waals surface area contributed by atoms with Crippen LogP contribution in [0.3, 0.4) is 0 Å². The van der Waals surface area contributed by atoms with Gasteiger partial charge in [0.2, 0.25) is 0 Å². The molecule has 2 N–H and O–H groups in total. The minimum Gasteiger partial charge on any atom is -0.314 e. The number of nitrogens with zero attached hydrogens (tertiary/aromatic N) is 9. The molecule has 24 heavy (non-hydrogen) atoms. The molecule has 0 atom stereocenters. The molecule has 4 heterocycles. The number of rotatable bonds is 0. The molecule has 1 fully saturated rings. The average molecular weight is 329 g/mol. The molecule has 0 aromatic carbocycles. The minimum atomic E-state index is 1.14. The SMILES string of the molecule is C1CNCCN1.c1ncncn1.c1ncncn1.c1ncncn1. The zero-order valence-electron chi connectivity index (χ0n) is 13.0. The standard InChI is InChI=1S/C4H10N2.3C3H3N3/c1-2-6-4-3-5-1;3*1-4-2-6-3-5-1/h5-6H,1-4H2;3*1-3H. The summed E-state index contributed by atoms with van der Waals surface area (Å²) >= 11 is 0. The van der Waals surface area contributed by atoms with Crippen LogP contribution in [-0.2, 0) is 0 Å². The van der Waals surface area contributed by atoms with Crippen molar-refractivity contribution in [2.75, 3.05) is 26.2 Å². The van der Waals surface area contributed by atoms with Crippen molar-refractivity contribution >= 4 is 0 Å². The van der Waals surface area contributed by atoms with Crippen LogP contribution in [0.4, 0.5) is 0 Å². The Balaban J connectivity index is 0.000000160. The molecule has 0 aliphatic carbocycles. The topological polar surface area (TPSA) is 140 Å². The summed E-state index contributed by atoms with van der Waals surface area (Å²) in [6, 6.07) is 0. The molecule has 0 unspecified atom stereocenters. The quantitative estimate of drug-likeness (QED) is 0.513. The van der Waals surface area contributed by atoms with Gasteiger partial charge in [-0.15, -0.1) is 0 Å². The largest absolute Gasteiger partial charge is 0.314 e. The van der Waals surface area contributed by atoms with E-state index < -0.39 is 0 Å². The Kier molecular flexibility index (Phi) is 12.9. The molecule has 3 aromatic rings. The van der Waals surface area contributed by atoms with Gasteiger partial charge >= 0.3 is 0 Å². The fourth-order valence-electron chi connectivity index (χ4n) is 1.22. The zero-order valence-corrected chi connectivity index (χ0v) is 13.0. The van der Waals surface area contributed by atoms with E-state index in [9.17, 15) is 0 Å². The van der Waals surface area contributed by atoms with E-state index in [4.69, 9.17) is 0 Å². The van der Waals surface area contributed by atoms with E-state index in [0.29, 0.717) is 0 Å². The molecule has 0 spiro atoms. The summed E-state index contributed by atoms with van der Waals surface area (Å²) in [6.45, 7) is 4.56. The third kappa shape index (κ3) is 13.9. The lowest BCUT2D eigenvalue weighted by Gasteiger charge is -2.11. The molecule has 1 saturated heterocycles. The number of hydrogen-bond acceptors (Lipinski definition) is 11.